The Morgan fingerprint density at radius 2 is 1.78 bits per heavy atom. The van der Waals surface area contributed by atoms with Crippen LogP contribution >= 0.6 is 0 Å². The SMILES string of the molecule is CCCC1CCC(NC2CCN(C(C)C)C2)CC1. The Morgan fingerprint density at radius 1 is 1.06 bits per heavy atom. The molecule has 2 rings (SSSR count). The van der Waals surface area contributed by atoms with Crippen LogP contribution in [-0.4, -0.2) is 36.1 Å². The summed E-state index contributed by atoms with van der Waals surface area (Å²) in [5.41, 5.74) is 0. The fraction of sp³-hybridized carbons (Fsp3) is 1.00. The molecule has 106 valence electrons. The van der Waals surface area contributed by atoms with Crippen molar-refractivity contribution in [1.82, 2.24) is 10.2 Å². The molecule has 0 spiro atoms. The molecule has 0 amide bonds. The van der Waals surface area contributed by atoms with Gasteiger partial charge in [-0.3, -0.25) is 4.90 Å². The van der Waals surface area contributed by atoms with Gasteiger partial charge in [0.15, 0.2) is 0 Å². The summed E-state index contributed by atoms with van der Waals surface area (Å²) in [6, 6.07) is 2.30. The van der Waals surface area contributed by atoms with Crippen LogP contribution in [0.3, 0.4) is 0 Å². The van der Waals surface area contributed by atoms with Gasteiger partial charge < -0.3 is 5.32 Å². The molecule has 0 bridgehead atoms. The maximum absolute atomic E-state index is 3.92. The average Bonchev–Trinajstić information content (AvgIpc) is 2.81. The van der Waals surface area contributed by atoms with Gasteiger partial charge in [0.1, 0.15) is 0 Å². The van der Waals surface area contributed by atoms with Crippen LogP contribution in [0.25, 0.3) is 0 Å². The third kappa shape index (κ3) is 3.96. The molecular weight excluding hydrogens is 220 g/mol. The first-order valence-corrected chi connectivity index (χ1v) is 8.19. The standard InChI is InChI=1S/C16H32N2/c1-4-5-14-6-8-15(9-7-14)17-16-10-11-18(12-16)13(2)3/h13-17H,4-12H2,1-3H3. The lowest BCUT2D eigenvalue weighted by atomic mass is 9.83. The summed E-state index contributed by atoms with van der Waals surface area (Å²) in [5.74, 6) is 1.03. The van der Waals surface area contributed by atoms with Crippen LogP contribution in [0.15, 0.2) is 0 Å². The Morgan fingerprint density at radius 3 is 2.33 bits per heavy atom. The summed E-state index contributed by atoms with van der Waals surface area (Å²) in [5, 5.41) is 3.92. The average molecular weight is 252 g/mol. The van der Waals surface area contributed by atoms with Gasteiger partial charge in [-0.15, -0.1) is 0 Å². The van der Waals surface area contributed by atoms with Gasteiger partial charge in [-0.1, -0.05) is 19.8 Å². The molecule has 1 unspecified atom stereocenters. The molecule has 1 saturated carbocycles. The van der Waals surface area contributed by atoms with Crippen molar-refractivity contribution in [2.75, 3.05) is 13.1 Å². The van der Waals surface area contributed by atoms with Gasteiger partial charge in [0.25, 0.3) is 0 Å². The molecule has 1 heterocycles. The molecular formula is C16H32N2. The second-order valence-electron chi connectivity index (χ2n) is 6.75. The van der Waals surface area contributed by atoms with Crippen LogP contribution < -0.4 is 5.32 Å². The summed E-state index contributed by atoms with van der Waals surface area (Å²) in [4.78, 5) is 2.61. The fourth-order valence-corrected chi connectivity index (χ4v) is 3.75. The number of hydrogen-bond donors (Lipinski definition) is 1. The molecule has 1 aliphatic carbocycles. The summed E-state index contributed by atoms with van der Waals surface area (Å²) < 4.78 is 0. The molecule has 0 radical (unpaired) electrons. The minimum absolute atomic E-state index is 0.720. The van der Waals surface area contributed by atoms with Gasteiger partial charge in [0, 0.05) is 24.7 Å². The van der Waals surface area contributed by atoms with Crippen LogP contribution in [-0.2, 0) is 0 Å². The van der Waals surface area contributed by atoms with Crippen LogP contribution in [0.1, 0.15) is 65.7 Å². The van der Waals surface area contributed by atoms with Gasteiger partial charge in [-0.2, -0.15) is 0 Å². The van der Waals surface area contributed by atoms with E-state index in [1.54, 1.807) is 0 Å². The Hall–Kier alpha value is -0.0800. The Labute approximate surface area is 114 Å². The summed E-state index contributed by atoms with van der Waals surface area (Å²) >= 11 is 0. The molecule has 2 nitrogen and oxygen atoms in total. The van der Waals surface area contributed by atoms with Crippen molar-refractivity contribution in [3.05, 3.63) is 0 Å². The highest BCUT2D eigenvalue weighted by Crippen LogP contribution is 2.28. The first-order chi connectivity index (χ1) is 8.69. The Bertz CT molecular complexity index is 231. The summed E-state index contributed by atoms with van der Waals surface area (Å²) in [7, 11) is 0. The minimum Gasteiger partial charge on any atom is -0.310 e. The minimum atomic E-state index is 0.720. The number of hydrogen-bond acceptors (Lipinski definition) is 2. The number of nitrogens with one attached hydrogen (secondary N) is 1. The zero-order valence-electron chi connectivity index (χ0n) is 12.6. The van der Waals surface area contributed by atoms with Crippen LogP contribution in [0.5, 0.6) is 0 Å². The molecule has 0 aromatic rings. The second-order valence-corrected chi connectivity index (χ2v) is 6.75. The molecule has 1 saturated heterocycles. The molecule has 1 atom stereocenters. The van der Waals surface area contributed by atoms with Gasteiger partial charge in [-0.25, -0.2) is 0 Å². The van der Waals surface area contributed by atoms with E-state index in [1.165, 1.54) is 58.0 Å². The third-order valence-electron chi connectivity index (χ3n) is 4.97. The van der Waals surface area contributed by atoms with E-state index in [1.807, 2.05) is 0 Å². The normalized spacial score (nSPS) is 34.3. The van der Waals surface area contributed by atoms with E-state index >= 15 is 0 Å². The Kier molecular flexibility index (Phi) is 5.50. The molecule has 2 heteroatoms. The van der Waals surface area contributed by atoms with E-state index in [0.29, 0.717) is 0 Å². The molecule has 0 aromatic heterocycles. The predicted octanol–water partition coefficient (Wildman–Crippen LogP) is 3.42. The highest BCUT2D eigenvalue weighted by Gasteiger charge is 2.27. The van der Waals surface area contributed by atoms with Crippen molar-refractivity contribution in [2.24, 2.45) is 5.92 Å². The van der Waals surface area contributed by atoms with E-state index in [-0.39, 0.29) is 0 Å². The Balaban J connectivity index is 1.66. The lowest BCUT2D eigenvalue weighted by molar-refractivity contribution is 0.243. The lowest BCUT2D eigenvalue weighted by Gasteiger charge is -2.31. The molecule has 2 fully saturated rings. The second kappa shape index (κ2) is 6.91. The van der Waals surface area contributed by atoms with Gasteiger partial charge in [-0.05, 0) is 58.4 Å². The molecule has 1 N–H and O–H groups in total. The maximum Gasteiger partial charge on any atom is 0.0209 e. The summed E-state index contributed by atoms with van der Waals surface area (Å²) in [6.07, 6.45) is 9.95. The van der Waals surface area contributed by atoms with Crippen LogP contribution in [0.4, 0.5) is 0 Å². The van der Waals surface area contributed by atoms with Crippen LogP contribution in [0, 0.1) is 5.92 Å². The highest BCUT2D eigenvalue weighted by molar-refractivity contribution is 4.87. The van der Waals surface area contributed by atoms with Gasteiger partial charge >= 0.3 is 0 Å². The summed E-state index contributed by atoms with van der Waals surface area (Å²) in [6.45, 7) is 9.52. The van der Waals surface area contributed by atoms with Crippen molar-refractivity contribution in [3.63, 3.8) is 0 Å². The number of likely N-dealkylation sites (tertiary alicyclic amines) is 1. The molecule has 2 aliphatic rings. The monoisotopic (exact) mass is 252 g/mol. The number of rotatable bonds is 5. The third-order valence-corrected chi connectivity index (χ3v) is 4.97. The van der Waals surface area contributed by atoms with E-state index < -0.39 is 0 Å². The first kappa shape index (κ1) is 14.3. The van der Waals surface area contributed by atoms with E-state index in [4.69, 9.17) is 0 Å². The van der Waals surface area contributed by atoms with Crippen molar-refractivity contribution in [1.29, 1.82) is 0 Å². The van der Waals surface area contributed by atoms with Crippen molar-refractivity contribution in [3.8, 4) is 0 Å². The first-order valence-electron chi connectivity index (χ1n) is 8.19. The predicted molar refractivity (Wildman–Crippen MR) is 78.9 cm³/mol. The molecule has 18 heavy (non-hydrogen) atoms. The van der Waals surface area contributed by atoms with Crippen LogP contribution in [0.2, 0.25) is 0 Å². The highest BCUT2D eigenvalue weighted by atomic mass is 15.2. The maximum atomic E-state index is 3.92. The van der Waals surface area contributed by atoms with Crippen molar-refractivity contribution < 1.29 is 0 Å². The van der Waals surface area contributed by atoms with Crippen molar-refractivity contribution in [2.45, 2.75) is 83.8 Å². The zero-order chi connectivity index (χ0) is 13.0. The number of nitrogens with zero attached hydrogens (tertiary/aromatic N) is 1. The quantitative estimate of drug-likeness (QED) is 0.806. The van der Waals surface area contributed by atoms with E-state index in [2.05, 4.69) is 31.0 Å². The van der Waals surface area contributed by atoms with Gasteiger partial charge in [0.2, 0.25) is 0 Å². The zero-order valence-corrected chi connectivity index (χ0v) is 12.6. The molecule has 0 aromatic carbocycles. The fourth-order valence-electron chi connectivity index (χ4n) is 3.75. The molecule has 1 aliphatic heterocycles. The van der Waals surface area contributed by atoms with E-state index in [0.717, 1.165) is 24.0 Å². The lowest BCUT2D eigenvalue weighted by Crippen LogP contribution is -2.42. The van der Waals surface area contributed by atoms with Crippen molar-refractivity contribution >= 4 is 0 Å². The van der Waals surface area contributed by atoms with Gasteiger partial charge in [0.05, 0.1) is 0 Å². The smallest absolute Gasteiger partial charge is 0.0209 e. The van der Waals surface area contributed by atoms with E-state index in [9.17, 15) is 0 Å². The topological polar surface area (TPSA) is 15.3 Å². The largest absolute Gasteiger partial charge is 0.310 e.